The normalized spacial score (nSPS) is 16.3. The minimum Gasteiger partial charge on any atom is -0.343 e. The Morgan fingerprint density at radius 2 is 2.08 bits per heavy atom. The highest BCUT2D eigenvalue weighted by Gasteiger charge is 2.23. The highest BCUT2D eigenvalue weighted by molar-refractivity contribution is 5.78. The number of nitrogens with zero attached hydrogens (tertiary/aromatic N) is 1. The summed E-state index contributed by atoms with van der Waals surface area (Å²) in [4.78, 5) is 13.6. The van der Waals surface area contributed by atoms with Crippen molar-refractivity contribution in [2.45, 2.75) is 40.0 Å². The molecule has 1 rings (SSSR count). The lowest BCUT2D eigenvalue weighted by Gasteiger charge is -2.22. The van der Waals surface area contributed by atoms with Crippen molar-refractivity contribution in [3.63, 3.8) is 0 Å². The maximum atomic E-state index is 11.6. The van der Waals surface area contributed by atoms with Crippen molar-refractivity contribution in [3.05, 3.63) is 0 Å². The molecule has 0 spiro atoms. The summed E-state index contributed by atoms with van der Waals surface area (Å²) in [5, 5.41) is 0. The molecule has 1 fully saturated rings. The van der Waals surface area contributed by atoms with Gasteiger partial charge >= 0.3 is 0 Å². The quantitative estimate of drug-likeness (QED) is 0.640. The van der Waals surface area contributed by atoms with Gasteiger partial charge in [0.05, 0.1) is 0 Å². The fourth-order valence-electron chi connectivity index (χ4n) is 1.53. The molecule has 0 aromatic rings. The van der Waals surface area contributed by atoms with E-state index in [0.29, 0.717) is 5.91 Å². The van der Waals surface area contributed by atoms with Gasteiger partial charge in [0.15, 0.2) is 0 Å². The molecule has 0 heterocycles. The third-order valence-electron chi connectivity index (χ3n) is 2.69. The maximum absolute atomic E-state index is 11.6. The van der Waals surface area contributed by atoms with E-state index >= 15 is 0 Å². The van der Waals surface area contributed by atoms with E-state index in [0.717, 1.165) is 19.0 Å². The van der Waals surface area contributed by atoms with E-state index in [-0.39, 0.29) is 5.92 Å². The lowest BCUT2D eigenvalue weighted by Crippen LogP contribution is -2.35. The third kappa shape index (κ3) is 3.37. The van der Waals surface area contributed by atoms with Crippen LogP contribution < -0.4 is 0 Å². The van der Waals surface area contributed by atoms with Gasteiger partial charge in [-0.15, -0.1) is 0 Å². The lowest BCUT2D eigenvalue weighted by molar-refractivity contribution is -0.134. The Hall–Kier alpha value is -0.530. The minimum atomic E-state index is 0.152. The van der Waals surface area contributed by atoms with Crippen molar-refractivity contribution in [2.24, 2.45) is 11.8 Å². The van der Waals surface area contributed by atoms with Gasteiger partial charge in [-0.25, -0.2) is 0 Å². The van der Waals surface area contributed by atoms with E-state index in [1.54, 1.807) is 0 Å². The van der Waals surface area contributed by atoms with Crippen molar-refractivity contribution in [1.29, 1.82) is 0 Å². The summed E-state index contributed by atoms with van der Waals surface area (Å²) in [7, 11) is 0. The van der Waals surface area contributed by atoms with Gasteiger partial charge in [-0.1, -0.05) is 26.7 Å². The zero-order valence-corrected chi connectivity index (χ0v) is 9.05. The van der Waals surface area contributed by atoms with Crippen LogP contribution in [0.25, 0.3) is 0 Å². The Bertz CT molecular complexity index is 173. The second-order valence-corrected chi connectivity index (χ2v) is 4.30. The number of hydrogen-bond acceptors (Lipinski definition) is 1. The summed E-state index contributed by atoms with van der Waals surface area (Å²) in [6.45, 7) is 7.85. The Kier molecular flexibility index (Phi) is 3.76. The van der Waals surface area contributed by atoms with Gasteiger partial charge in [0.2, 0.25) is 5.91 Å². The molecule has 1 aliphatic carbocycles. The predicted molar refractivity (Wildman–Crippen MR) is 54.4 cm³/mol. The van der Waals surface area contributed by atoms with Crippen LogP contribution in [-0.2, 0) is 4.79 Å². The van der Waals surface area contributed by atoms with Crippen molar-refractivity contribution < 1.29 is 4.79 Å². The van der Waals surface area contributed by atoms with Crippen molar-refractivity contribution in [3.8, 4) is 0 Å². The van der Waals surface area contributed by atoms with Crippen LogP contribution in [0.1, 0.15) is 40.0 Å². The summed E-state index contributed by atoms with van der Waals surface area (Å²) in [6.07, 6.45) is 3.98. The Morgan fingerprint density at radius 1 is 1.46 bits per heavy atom. The first-order valence-corrected chi connectivity index (χ1v) is 5.44. The summed E-state index contributed by atoms with van der Waals surface area (Å²) in [6, 6.07) is 0. The molecule has 1 saturated carbocycles. The SMILES string of the molecule is CCN(CCC1CC1)C(=O)C(C)C. The Labute approximate surface area is 81.3 Å². The minimum absolute atomic E-state index is 0.152. The average molecular weight is 183 g/mol. The molecule has 0 bridgehead atoms. The second-order valence-electron chi connectivity index (χ2n) is 4.30. The predicted octanol–water partition coefficient (Wildman–Crippen LogP) is 2.29. The van der Waals surface area contributed by atoms with E-state index in [1.807, 2.05) is 18.7 Å². The molecular weight excluding hydrogens is 162 g/mol. The smallest absolute Gasteiger partial charge is 0.225 e. The molecule has 1 amide bonds. The molecule has 76 valence electrons. The molecular formula is C11H21NO. The number of carbonyl (C=O) groups is 1. The van der Waals surface area contributed by atoms with Crippen LogP contribution in [-0.4, -0.2) is 23.9 Å². The Balaban J connectivity index is 2.27. The average Bonchev–Trinajstić information content (AvgIpc) is 2.88. The summed E-state index contributed by atoms with van der Waals surface area (Å²) >= 11 is 0. The van der Waals surface area contributed by atoms with Gasteiger partial charge in [0.25, 0.3) is 0 Å². The summed E-state index contributed by atoms with van der Waals surface area (Å²) in [5.74, 6) is 1.39. The van der Waals surface area contributed by atoms with Crippen LogP contribution in [0.2, 0.25) is 0 Å². The largest absolute Gasteiger partial charge is 0.343 e. The first kappa shape index (κ1) is 10.6. The molecule has 0 N–H and O–H groups in total. The summed E-state index contributed by atoms with van der Waals surface area (Å²) in [5.41, 5.74) is 0. The highest BCUT2D eigenvalue weighted by Crippen LogP contribution is 2.32. The number of rotatable bonds is 5. The maximum Gasteiger partial charge on any atom is 0.225 e. The van der Waals surface area contributed by atoms with Gasteiger partial charge in [0.1, 0.15) is 0 Å². The molecule has 0 saturated heterocycles. The fourth-order valence-corrected chi connectivity index (χ4v) is 1.53. The number of amides is 1. The molecule has 0 unspecified atom stereocenters. The topological polar surface area (TPSA) is 20.3 Å². The molecule has 13 heavy (non-hydrogen) atoms. The Morgan fingerprint density at radius 3 is 2.46 bits per heavy atom. The van der Waals surface area contributed by atoms with E-state index < -0.39 is 0 Å². The van der Waals surface area contributed by atoms with Crippen molar-refractivity contribution >= 4 is 5.91 Å². The fraction of sp³-hybridized carbons (Fsp3) is 0.909. The zero-order valence-electron chi connectivity index (χ0n) is 9.05. The molecule has 2 heteroatoms. The van der Waals surface area contributed by atoms with Gasteiger partial charge in [-0.2, -0.15) is 0 Å². The van der Waals surface area contributed by atoms with E-state index in [9.17, 15) is 4.79 Å². The van der Waals surface area contributed by atoms with Crippen LogP contribution in [0.5, 0.6) is 0 Å². The number of hydrogen-bond donors (Lipinski definition) is 0. The van der Waals surface area contributed by atoms with Crippen LogP contribution >= 0.6 is 0 Å². The molecule has 0 radical (unpaired) electrons. The van der Waals surface area contributed by atoms with Crippen molar-refractivity contribution in [2.75, 3.05) is 13.1 Å². The van der Waals surface area contributed by atoms with Gasteiger partial charge < -0.3 is 4.90 Å². The first-order valence-electron chi connectivity index (χ1n) is 5.44. The lowest BCUT2D eigenvalue weighted by atomic mass is 10.1. The molecule has 2 nitrogen and oxygen atoms in total. The first-order chi connectivity index (χ1) is 6.15. The standard InChI is InChI=1S/C11H21NO/c1-4-12(11(13)9(2)3)8-7-10-5-6-10/h9-10H,4-8H2,1-3H3. The molecule has 1 aliphatic rings. The van der Waals surface area contributed by atoms with Crippen LogP contribution in [0.4, 0.5) is 0 Å². The van der Waals surface area contributed by atoms with Gasteiger partial charge in [-0.3, -0.25) is 4.79 Å². The molecule has 0 atom stereocenters. The zero-order chi connectivity index (χ0) is 9.84. The highest BCUT2D eigenvalue weighted by atomic mass is 16.2. The van der Waals surface area contributed by atoms with Crippen LogP contribution in [0.3, 0.4) is 0 Å². The third-order valence-corrected chi connectivity index (χ3v) is 2.69. The van der Waals surface area contributed by atoms with E-state index in [1.165, 1.54) is 19.3 Å². The monoisotopic (exact) mass is 183 g/mol. The van der Waals surface area contributed by atoms with Gasteiger partial charge in [-0.05, 0) is 19.3 Å². The van der Waals surface area contributed by atoms with Crippen LogP contribution in [0.15, 0.2) is 0 Å². The second kappa shape index (κ2) is 4.64. The van der Waals surface area contributed by atoms with Crippen LogP contribution in [0, 0.1) is 11.8 Å². The van der Waals surface area contributed by atoms with E-state index in [2.05, 4.69) is 6.92 Å². The molecule has 0 aromatic heterocycles. The summed E-state index contributed by atoms with van der Waals surface area (Å²) < 4.78 is 0. The molecule has 0 aliphatic heterocycles. The molecule has 0 aromatic carbocycles. The van der Waals surface area contributed by atoms with Gasteiger partial charge in [0, 0.05) is 19.0 Å². The van der Waals surface area contributed by atoms with E-state index in [4.69, 9.17) is 0 Å². The van der Waals surface area contributed by atoms with Crippen molar-refractivity contribution in [1.82, 2.24) is 4.90 Å². The number of carbonyl (C=O) groups excluding carboxylic acids is 1.